The van der Waals surface area contributed by atoms with Crippen LogP contribution in [0.1, 0.15) is 32.8 Å². The zero-order valence-electron chi connectivity index (χ0n) is 17.6. The van der Waals surface area contributed by atoms with Gasteiger partial charge in [0.2, 0.25) is 0 Å². The molecule has 1 aliphatic heterocycles. The number of rotatable bonds is 7. The molecule has 0 saturated carbocycles. The lowest BCUT2D eigenvalue weighted by Gasteiger charge is -2.20. The Morgan fingerprint density at radius 1 is 1.14 bits per heavy atom. The maximum Gasteiger partial charge on any atom is 0.407 e. The van der Waals surface area contributed by atoms with Crippen LogP contribution in [-0.2, 0) is 11.2 Å². The SMILES string of the molecule is CN=C(NCCCNC(=O)OC(C)(C)C)NCCc1cc(Cl)c2c(c1)OCCO2. The highest BCUT2D eigenvalue weighted by Crippen LogP contribution is 2.38. The topological polar surface area (TPSA) is 93.2 Å². The minimum atomic E-state index is -0.490. The first-order chi connectivity index (χ1) is 13.8. The summed E-state index contributed by atoms with van der Waals surface area (Å²) in [6.45, 7) is 8.44. The minimum Gasteiger partial charge on any atom is -0.486 e. The third kappa shape index (κ3) is 8.27. The van der Waals surface area contributed by atoms with E-state index < -0.39 is 11.7 Å². The van der Waals surface area contributed by atoms with Gasteiger partial charge in [0.1, 0.15) is 18.8 Å². The molecule has 1 aliphatic rings. The molecule has 0 fully saturated rings. The van der Waals surface area contributed by atoms with Gasteiger partial charge < -0.3 is 30.2 Å². The Morgan fingerprint density at radius 2 is 1.83 bits per heavy atom. The summed E-state index contributed by atoms with van der Waals surface area (Å²) in [5, 5.41) is 9.77. The number of carbonyl (C=O) groups excluding carboxylic acids is 1. The van der Waals surface area contributed by atoms with Crippen molar-refractivity contribution in [3.8, 4) is 11.5 Å². The zero-order chi connectivity index (χ0) is 21.3. The molecule has 3 N–H and O–H groups in total. The van der Waals surface area contributed by atoms with Gasteiger partial charge in [0.25, 0.3) is 0 Å². The number of hydrogen-bond donors (Lipinski definition) is 3. The van der Waals surface area contributed by atoms with Crippen LogP contribution in [0.25, 0.3) is 0 Å². The summed E-state index contributed by atoms with van der Waals surface area (Å²) in [5.41, 5.74) is 0.569. The van der Waals surface area contributed by atoms with E-state index in [-0.39, 0.29) is 0 Å². The molecule has 0 bridgehead atoms. The summed E-state index contributed by atoms with van der Waals surface area (Å²) in [6.07, 6.45) is 1.10. The second kappa shape index (κ2) is 11.0. The van der Waals surface area contributed by atoms with Gasteiger partial charge in [-0.05, 0) is 51.3 Å². The number of halogens is 1. The number of alkyl carbamates (subject to hydrolysis) is 1. The third-order valence-corrected chi connectivity index (χ3v) is 4.18. The molecule has 0 radical (unpaired) electrons. The number of amides is 1. The number of aliphatic imine (C=N–C) groups is 1. The Balaban J connectivity index is 1.65. The van der Waals surface area contributed by atoms with E-state index in [2.05, 4.69) is 20.9 Å². The Morgan fingerprint density at radius 3 is 2.55 bits per heavy atom. The monoisotopic (exact) mass is 426 g/mol. The van der Waals surface area contributed by atoms with E-state index in [1.807, 2.05) is 32.9 Å². The van der Waals surface area contributed by atoms with Crippen LogP contribution in [0.4, 0.5) is 4.79 Å². The average molecular weight is 427 g/mol. The molecule has 0 unspecified atom stereocenters. The van der Waals surface area contributed by atoms with Crippen LogP contribution in [0, 0.1) is 0 Å². The molecule has 2 rings (SSSR count). The van der Waals surface area contributed by atoms with Gasteiger partial charge in [-0.15, -0.1) is 0 Å². The first-order valence-corrected chi connectivity index (χ1v) is 10.2. The van der Waals surface area contributed by atoms with Crippen molar-refractivity contribution in [1.82, 2.24) is 16.0 Å². The second-order valence-electron chi connectivity index (χ2n) is 7.56. The van der Waals surface area contributed by atoms with Gasteiger partial charge in [-0.3, -0.25) is 4.99 Å². The molecule has 1 amide bonds. The van der Waals surface area contributed by atoms with Crippen LogP contribution in [0.5, 0.6) is 11.5 Å². The number of guanidine groups is 1. The largest absolute Gasteiger partial charge is 0.486 e. The summed E-state index contributed by atoms with van der Waals surface area (Å²) < 4.78 is 16.3. The fraction of sp³-hybridized carbons (Fsp3) is 0.600. The summed E-state index contributed by atoms with van der Waals surface area (Å²) >= 11 is 6.27. The normalized spacial score (nSPS) is 13.6. The van der Waals surface area contributed by atoms with Crippen molar-refractivity contribution in [2.24, 2.45) is 4.99 Å². The summed E-state index contributed by atoms with van der Waals surface area (Å²) in [4.78, 5) is 15.8. The van der Waals surface area contributed by atoms with E-state index in [0.29, 0.717) is 55.3 Å². The van der Waals surface area contributed by atoms with Crippen molar-refractivity contribution in [2.45, 2.75) is 39.2 Å². The van der Waals surface area contributed by atoms with Gasteiger partial charge >= 0.3 is 6.09 Å². The van der Waals surface area contributed by atoms with Crippen LogP contribution < -0.4 is 25.4 Å². The number of nitrogens with zero attached hydrogens (tertiary/aromatic N) is 1. The fourth-order valence-electron chi connectivity index (χ4n) is 2.65. The highest BCUT2D eigenvalue weighted by molar-refractivity contribution is 6.32. The molecule has 0 atom stereocenters. The van der Waals surface area contributed by atoms with E-state index in [1.54, 1.807) is 7.05 Å². The van der Waals surface area contributed by atoms with E-state index in [9.17, 15) is 4.79 Å². The van der Waals surface area contributed by atoms with E-state index in [0.717, 1.165) is 18.4 Å². The minimum absolute atomic E-state index is 0.405. The number of carbonyl (C=O) groups is 1. The van der Waals surface area contributed by atoms with E-state index >= 15 is 0 Å². The Hall–Kier alpha value is -2.35. The lowest BCUT2D eigenvalue weighted by atomic mass is 10.1. The molecule has 1 aromatic rings. The first kappa shape index (κ1) is 22.9. The molecular formula is C20H31ClN4O4. The lowest BCUT2D eigenvalue weighted by molar-refractivity contribution is 0.0527. The molecule has 0 saturated heterocycles. The predicted molar refractivity (Wildman–Crippen MR) is 114 cm³/mol. The van der Waals surface area contributed by atoms with Crippen molar-refractivity contribution in [3.05, 3.63) is 22.7 Å². The van der Waals surface area contributed by atoms with Crippen molar-refractivity contribution in [2.75, 3.05) is 39.9 Å². The molecule has 8 nitrogen and oxygen atoms in total. The van der Waals surface area contributed by atoms with Crippen molar-refractivity contribution in [3.63, 3.8) is 0 Å². The molecule has 1 aromatic carbocycles. The van der Waals surface area contributed by atoms with Crippen molar-refractivity contribution < 1.29 is 19.0 Å². The van der Waals surface area contributed by atoms with Crippen LogP contribution in [0.3, 0.4) is 0 Å². The van der Waals surface area contributed by atoms with Crippen molar-refractivity contribution in [1.29, 1.82) is 0 Å². The van der Waals surface area contributed by atoms with E-state index in [1.165, 1.54) is 0 Å². The molecule has 1 heterocycles. The molecule has 0 aliphatic carbocycles. The molecule has 0 aromatic heterocycles. The van der Waals surface area contributed by atoms with Crippen LogP contribution in [-0.4, -0.2) is 57.5 Å². The van der Waals surface area contributed by atoms with Crippen LogP contribution in [0.2, 0.25) is 5.02 Å². The van der Waals surface area contributed by atoms with Gasteiger partial charge in [-0.2, -0.15) is 0 Å². The van der Waals surface area contributed by atoms with E-state index in [4.69, 9.17) is 25.8 Å². The summed E-state index contributed by atoms with van der Waals surface area (Å²) in [6, 6.07) is 3.86. The van der Waals surface area contributed by atoms with Crippen LogP contribution >= 0.6 is 11.6 Å². The Kier molecular flexibility index (Phi) is 8.70. The summed E-state index contributed by atoms with van der Waals surface area (Å²) in [7, 11) is 1.72. The highest BCUT2D eigenvalue weighted by Gasteiger charge is 2.17. The molecule has 0 spiro atoms. The lowest BCUT2D eigenvalue weighted by Crippen LogP contribution is -2.40. The quantitative estimate of drug-likeness (QED) is 0.352. The van der Waals surface area contributed by atoms with Crippen molar-refractivity contribution >= 4 is 23.7 Å². The van der Waals surface area contributed by atoms with Gasteiger partial charge in [0, 0.05) is 26.7 Å². The number of fused-ring (bicyclic) bond motifs is 1. The van der Waals surface area contributed by atoms with Gasteiger partial charge in [-0.25, -0.2) is 4.79 Å². The Labute approximate surface area is 177 Å². The summed E-state index contributed by atoms with van der Waals surface area (Å²) in [5.74, 6) is 2.01. The molecular weight excluding hydrogens is 396 g/mol. The highest BCUT2D eigenvalue weighted by atomic mass is 35.5. The molecule has 162 valence electrons. The smallest absolute Gasteiger partial charge is 0.407 e. The second-order valence-corrected chi connectivity index (χ2v) is 7.97. The van der Waals surface area contributed by atoms with Crippen LogP contribution in [0.15, 0.2) is 17.1 Å². The number of benzene rings is 1. The zero-order valence-corrected chi connectivity index (χ0v) is 18.3. The number of nitrogens with one attached hydrogen (secondary N) is 3. The number of hydrogen-bond acceptors (Lipinski definition) is 5. The molecule has 9 heteroatoms. The van der Waals surface area contributed by atoms with Gasteiger partial charge in [0.15, 0.2) is 17.5 Å². The third-order valence-electron chi connectivity index (χ3n) is 3.90. The van der Waals surface area contributed by atoms with Gasteiger partial charge in [0.05, 0.1) is 5.02 Å². The maximum absolute atomic E-state index is 11.6. The Bertz CT molecular complexity index is 719. The molecule has 29 heavy (non-hydrogen) atoms. The standard InChI is InChI=1S/C20H31ClN4O4/c1-20(2,3)29-19(26)25-8-5-7-23-18(22-4)24-9-6-14-12-15(21)17-16(13-14)27-10-11-28-17/h12-13H,5-11H2,1-4H3,(H,25,26)(H2,22,23,24). The van der Waals surface area contributed by atoms with Gasteiger partial charge in [-0.1, -0.05) is 11.6 Å². The number of ether oxygens (including phenoxy) is 3. The predicted octanol–water partition coefficient (Wildman–Crippen LogP) is 2.73. The fourth-order valence-corrected chi connectivity index (χ4v) is 2.94. The maximum atomic E-state index is 11.6. The first-order valence-electron chi connectivity index (χ1n) is 9.78. The average Bonchev–Trinajstić information content (AvgIpc) is 2.65.